The molecule has 1 fully saturated rings. The molecule has 1 aliphatic rings. The Morgan fingerprint density at radius 3 is 2.88 bits per heavy atom. The van der Waals surface area contributed by atoms with Crippen molar-refractivity contribution in [3.8, 4) is 0 Å². The Bertz CT molecular complexity index is 426. The van der Waals surface area contributed by atoms with Crippen molar-refractivity contribution in [2.75, 3.05) is 13.1 Å². The maximum absolute atomic E-state index is 12.0. The molecule has 1 N–H and O–H groups in total. The number of aryl methyl sites for hydroxylation is 1. The molecular formula is C14H19NO2. The minimum absolute atomic E-state index is 0.105. The van der Waals surface area contributed by atoms with Gasteiger partial charge >= 0.3 is 0 Å². The number of carbonyl (C=O) groups excluding carboxylic acids is 1. The predicted octanol–water partition coefficient (Wildman–Crippen LogP) is 1.52. The van der Waals surface area contributed by atoms with Gasteiger partial charge in [0.1, 0.15) is 0 Å². The number of benzene rings is 1. The Morgan fingerprint density at radius 2 is 2.29 bits per heavy atom. The fourth-order valence-corrected chi connectivity index (χ4v) is 2.27. The smallest absolute Gasteiger partial charge is 0.227 e. The third-order valence-electron chi connectivity index (χ3n) is 3.24. The molecule has 1 unspecified atom stereocenters. The first-order chi connectivity index (χ1) is 7.96. The van der Waals surface area contributed by atoms with Crippen LogP contribution in [0.2, 0.25) is 0 Å². The fraction of sp³-hybridized carbons (Fsp3) is 0.500. The van der Waals surface area contributed by atoms with E-state index in [0.29, 0.717) is 25.9 Å². The lowest BCUT2D eigenvalue weighted by molar-refractivity contribution is -0.130. The first kappa shape index (κ1) is 12.1. The summed E-state index contributed by atoms with van der Waals surface area (Å²) in [7, 11) is 0. The van der Waals surface area contributed by atoms with Crippen LogP contribution in [-0.4, -0.2) is 34.6 Å². The van der Waals surface area contributed by atoms with Crippen molar-refractivity contribution in [3.63, 3.8) is 0 Å². The standard InChI is InChI=1S/C14H19NO2/c1-11-4-3-5-12(8-11)9-13(16)15-7-6-14(2,17)10-15/h3-5,8,17H,6-7,9-10H2,1-2H3. The lowest BCUT2D eigenvalue weighted by atomic mass is 10.1. The van der Waals surface area contributed by atoms with E-state index in [1.165, 1.54) is 5.56 Å². The summed E-state index contributed by atoms with van der Waals surface area (Å²) >= 11 is 0. The molecule has 1 aromatic carbocycles. The number of β-amino-alcohol motifs (C(OH)–C–C–N with tert-alkyl or cyclic N) is 1. The van der Waals surface area contributed by atoms with Gasteiger partial charge in [0.15, 0.2) is 0 Å². The van der Waals surface area contributed by atoms with Crippen molar-refractivity contribution >= 4 is 5.91 Å². The third kappa shape index (κ3) is 3.07. The van der Waals surface area contributed by atoms with Gasteiger partial charge in [-0.15, -0.1) is 0 Å². The van der Waals surface area contributed by atoms with Gasteiger partial charge in [-0.25, -0.2) is 0 Å². The second-order valence-electron chi connectivity index (χ2n) is 5.23. The van der Waals surface area contributed by atoms with Crippen molar-refractivity contribution in [1.29, 1.82) is 0 Å². The molecule has 1 saturated heterocycles. The van der Waals surface area contributed by atoms with Gasteiger partial charge in [0.2, 0.25) is 5.91 Å². The van der Waals surface area contributed by atoms with Crippen molar-refractivity contribution in [3.05, 3.63) is 35.4 Å². The molecule has 0 saturated carbocycles. The van der Waals surface area contributed by atoms with Crippen LogP contribution < -0.4 is 0 Å². The summed E-state index contributed by atoms with van der Waals surface area (Å²) in [4.78, 5) is 13.8. The Morgan fingerprint density at radius 1 is 1.53 bits per heavy atom. The molecule has 0 aromatic heterocycles. The van der Waals surface area contributed by atoms with E-state index >= 15 is 0 Å². The van der Waals surface area contributed by atoms with E-state index in [9.17, 15) is 9.90 Å². The number of aliphatic hydroxyl groups is 1. The summed E-state index contributed by atoms with van der Waals surface area (Å²) in [5, 5.41) is 9.83. The van der Waals surface area contributed by atoms with E-state index in [0.717, 1.165) is 5.56 Å². The highest BCUT2D eigenvalue weighted by Crippen LogP contribution is 2.21. The molecule has 1 amide bonds. The van der Waals surface area contributed by atoms with Crippen LogP contribution >= 0.6 is 0 Å². The highest BCUT2D eigenvalue weighted by molar-refractivity contribution is 5.79. The molecular weight excluding hydrogens is 214 g/mol. The SMILES string of the molecule is Cc1cccc(CC(=O)N2CCC(C)(O)C2)c1. The van der Waals surface area contributed by atoms with Crippen LogP contribution in [0.3, 0.4) is 0 Å². The van der Waals surface area contributed by atoms with Gasteiger partial charge in [-0.05, 0) is 25.8 Å². The molecule has 92 valence electrons. The van der Waals surface area contributed by atoms with Crippen molar-refractivity contribution in [1.82, 2.24) is 4.90 Å². The maximum Gasteiger partial charge on any atom is 0.227 e. The number of hydrogen-bond acceptors (Lipinski definition) is 2. The Labute approximate surface area is 102 Å². The van der Waals surface area contributed by atoms with Crippen LogP contribution in [0.5, 0.6) is 0 Å². The molecule has 1 aliphatic heterocycles. The quantitative estimate of drug-likeness (QED) is 0.841. The largest absolute Gasteiger partial charge is 0.388 e. The molecule has 1 aromatic rings. The molecule has 0 bridgehead atoms. The molecule has 1 heterocycles. The molecule has 0 aliphatic carbocycles. The normalized spacial score (nSPS) is 24.1. The van der Waals surface area contributed by atoms with E-state index in [4.69, 9.17) is 0 Å². The van der Waals surface area contributed by atoms with Gasteiger partial charge < -0.3 is 10.0 Å². The van der Waals surface area contributed by atoms with Crippen LogP contribution in [0.25, 0.3) is 0 Å². The Balaban J connectivity index is 1.98. The van der Waals surface area contributed by atoms with E-state index in [2.05, 4.69) is 0 Å². The van der Waals surface area contributed by atoms with Gasteiger partial charge in [-0.2, -0.15) is 0 Å². The second kappa shape index (κ2) is 4.49. The molecule has 17 heavy (non-hydrogen) atoms. The zero-order chi connectivity index (χ0) is 12.5. The summed E-state index contributed by atoms with van der Waals surface area (Å²) in [6.45, 7) is 4.93. The Kier molecular flexibility index (Phi) is 3.20. The molecule has 2 rings (SSSR count). The van der Waals surface area contributed by atoms with Gasteiger partial charge in [-0.1, -0.05) is 29.8 Å². The summed E-state index contributed by atoms with van der Waals surface area (Å²) in [6, 6.07) is 8.00. The number of likely N-dealkylation sites (tertiary alicyclic amines) is 1. The average molecular weight is 233 g/mol. The summed E-state index contributed by atoms with van der Waals surface area (Å²) < 4.78 is 0. The lowest BCUT2D eigenvalue weighted by Crippen LogP contribution is -2.34. The zero-order valence-electron chi connectivity index (χ0n) is 10.4. The number of hydrogen-bond donors (Lipinski definition) is 1. The van der Waals surface area contributed by atoms with Crippen LogP contribution in [-0.2, 0) is 11.2 Å². The van der Waals surface area contributed by atoms with Gasteiger partial charge in [-0.3, -0.25) is 4.79 Å². The Hall–Kier alpha value is -1.35. The first-order valence-corrected chi connectivity index (χ1v) is 6.02. The van der Waals surface area contributed by atoms with Crippen LogP contribution in [0.4, 0.5) is 0 Å². The second-order valence-corrected chi connectivity index (χ2v) is 5.23. The van der Waals surface area contributed by atoms with Crippen molar-refractivity contribution in [2.45, 2.75) is 32.3 Å². The molecule has 1 atom stereocenters. The van der Waals surface area contributed by atoms with Crippen molar-refractivity contribution in [2.24, 2.45) is 0 Å². The number of amides is 1. The van der Waals surface area contributed by atoms with Crippen LogP contribution in [0.15, 0.2) is 24.3 Å². The van der Waals surface area contributed by atoms with Crippen LogP contribution in [0.1, 0.15) is 24.5 Å². The van der Waals surface area contributed by atoms with Gasteiger partial charge in [0, 0.05) is 13.1 Å². The number of nitrogens with zero attached hydrogens (tertiary/aromatic N) is 1. The summed E-state index contributed by atoms with van der Waals surface area (Å²) in [5.41, 5.74) is 1.51. The number of rotatable bonds is 2. The highest BCUT2D eigenvalue weighted by atomic mass is 16.3. The minimum atomic E-state index is -0.706. The third-order valence-corrected chi connectivity index (χ3v) is 3.24. The van der Waals surface area contributed by atoms with Gasteiger partial charge in [0.05, 0.1) is 12.0 Å². The maximum atomic E-state index is 12.0. The molecule has 3 heteroatoms. The molecule has 3 nitrogen and oxygen atoms in total. The van der Waals surface area contributed by atoms with E-state index in [1.807, 2.05) is 31.2 Å². The van der Waals surface area contributed by atoms with Gasteiger partial charge in [0.25, 0.3) is 0 Å². The molecule has 0 spiro atoms. The predicted molar refractivity (Wildman–Crippen MR) is 66.7 cm³/mol. The minimum Gasteiger partial charge on any atom is -0.388 e. The first-order valence-electron chi connectivity index (χ1n) is 6.02. The summed E-state index contributed by atoms with van der Waals surface area (Å²) in [5.74, 6) is 0.105. The molecule has 0 radical (unpaired) electrons. The fourth-order valence-electron chi connectivity index (χ4n) is 2.27. The van der Waals surface area contributed by atoms with E-state index in [-0.39, 0.29) is 5.91 Å². The van der Waals surface area contributed by atoms with Crippen LogP contribution in [0, 0.1) is 6.92 Å². The van der Waals surface area contributed by atoms with E-state index in [1.54, 1.807) is 11.8 Å². The summed E-state index contributed by atoms with van der Waals surface area (Å²) in [6.07, 6.45) is 1.10. The topological polar surface area (TPSA) is 40.5 Å². The highest BCUT2D eigenvalue weighted by Gasteiger charge is 2.33. The van der Waals surface area contributed by atoms with Crippen molar-refractivity contribution < 1.29 is 9.90 Å². The average Bonchev–Trinajstić information content (AvgIpc) is 2.59. The number of carbonyl (C=O) groups is 1. The zero-order valence-corrected chi connectivity index (χ0v) is 10.4. The lowest BCUT2D eigenvalue weighted by Gasteiger charge is -2.19. The monoisotopic (exact) mass is 233 g/mol. The van der Waals surface area contributed by atoms with E-state index < -0.39 is 5.60 Å².